The molecule has 0 amide bonds. The predicted molar refractivity (Wildman–Crippen MR) is 61.5 cm³/mol. The summed E-state index contributed by atoms with van der Waals surface area (Å²) >= 11 is 5.88. The molecule has 0 fully saturated rings. The van der Waals surface area contributed by atoms with Crippen molar-refractivity contribution in [1.82, 2.24) is 4.98 Å². The van der Waals surface area contributed by atoms with E-state index in [9.17, 15) is 4.79 Å². The molecule has 3 heteroatoms. The smallest absolute Gasteiger partial charge is 0.178 e. The van der Waals surface area contributed by atoms with Crippen molar-refractivity contribution in [2.24, 2.45) is 0 Å². The van der Waals surface area contributed by atoms with Crippen LogP contribution in [-0.2, 0) is 0 Å². The summed E-state index contributed by atoms with van der Waals surface area (Å²) in [6.45, 7) is 3.47. The quantitative estimate of drug-likeness (QED) is 0.688. The molecule has 1 heterocycles. The van der Waals surface area contributed by atoms with Crippen LogP contribution in [0.4, 0.5) is 0 Å². The topological polar surface area (TPSA) is 30.0 Å². The van der Waals surface area contributed by atoms with E-state index in [4.69, 9.17) is 11.6 Å². The second-order valence-electron chi connectivity index (χ2n) is 3.54. The molecule has 0 spiro atoms. The van der Waals surface area contributed by atoms with Gasteiger partial charge in [-0.2, -0.15) is 0 Å². The van der Waals surface area contributed by atoms with Crippen LogP contribution < -0.4 is 0 Å². The van der Waals surface area contributed by atoms with Crippen molar-refractivity contribution in [3.8, 4) is 0 Å². The van der Waals surface area contributed by atoms with Gasteiger partial charge in [-0.1, -0.05) is 17.7 Å². The molecule has 0 aliphatic carbocycles. The molecule has 0 radical (unpaired) electrons. The number of carbonyl (C=O) groups excluding carboxylic acids is 1. The maximum Gasteiger partial charge on any atom is 0.178 e. The first kappa shape index (κ1) is 10.1. The Kier molecular flexibility index (Phi) is 2.45. The summed E-state index contributed by atoms with van der Waals surface area (Å²) < 4.78 is 0. The number of halogens is 1. The number of benzene rings is 1. The minimum absolute atomic E-state index is 0.0278. The van der Waals surface area contributed by atoms with Gasteiger partial charge < -0.3 is 0 Å². The first-order chi connectivity index (χ1) is 7.08. The maximum atomic E-state index is 11.2. The summed E-state index contributed by atoms with van der Waals surface area (Å²) in [5.74, 6) is -0.0278. The molecular formula is C12H10ClNO. The summed E-state index contributed by atoms with van der Waals surface area (Å²) in [6, 6.07) is 7.32. The van der Waals surface area contributed by atoms with Crippen molar-refractivity contribution >= 4 is 28.3 Å². The Bertz CT molecular complexity index is 549. The minimum atomic E-state index is -0.0278. The number of aromatic nitrogens is 1. The van der Waals surface area contributed by atoms with Crippen molar-refractivity contribution in [2.75, 3.05) is 0 Å². The number of Topliss-reactive ketones (excluding diaryl/α,β-unsaturated/α-hetero) is 1. The lowest BCUT2D eigenvalue weighted by Crippen LogP contribution is -1.98. The Morgan fingerprint density at radius 3 is 2.73 bits per heavy atom. The molecule has 0 N–H and O–H groups in total. The third-order valence-electron chi connectivity index (χ3n) is 2.34. The highest BCUT2D eigenvalue weighted by Gasteiger charge is 2.06. The summed E-state index contributed by atoms with van der Waals surface area (Å²) in [6.07, 6.45) is 0. The summed E-state index contributed by atoms with van der Waals surface area (Å²) in [5, 5.41) is 1.67. The number of hydrogen-bond donors (Lipinski definition) is 0. The van der Waals surface area contributed by atoms with E-state index in [0.29, 0.717) is 10.7 Å². The Labute approximate surface area is 92.9 Å². The molecule has 0 saturated heterocycles. The van der Waals surface area contributed by atoms with Gasteiger partial charge in [0.2, 0.25) is 0 Å². The average Bonchev–Trinajstić information content (AvgIpc) is 2.16. The SMILES string of the molecule is CC(=O)c1cc(C)c2ccc(Cl)cc2n1. The minimum Gasteiger partial charge on any atom is -0.293 e. The van der Waals surface area contributed by atoms with Crippen molar-refractivity contribution in [1.29, 1.82) is 0 Å². The van der Waals surface area contributed by atoms with E-state index in [0.717, 1.165) is 16.5 Å². The second-order valence-corrected chi connectivity index (χ2v) is 3.98. The van der Waals surface area contributed by atoms with Crippen LogP contribution in [0.3, 0.4) is 0 Å². The van der Waals surface area contributed by atoms with Crippen LogP contribution in [0.5, 0.6) is 0 Å². The molecule has 1 aromatic heterocycles. The molecule has 0 unspecified atom stereocenters. The van der Waals surface area contributed by atoms with Gasteiger partial charge in [-0.05, 0) is 30.7 Å². The van der Waals surface area contributed by atoms with E-state index in [-0.39, 0.29) is 5.78 Å². The van der Waals surface area contributed by atoms with Crippen molar-refractivity contribution in [3.63, 3.8) is 0 Å². The number of fused-ring (bicyclic) bond motifs is 1. The van der Waals surface area contributed by atoms with Gasteiger partial charge in [0.1, 0.15) is 5.69 Å². The van der Waals surface area contributed by atoms with Crippen LogP contribution in [0.1, 0.15) is 23.0 Å². The van der Waals surface area contributed by atoms with E-state index in [2.05, 4.69) is 4.98 Å². The lowest BCUT2D eigenvalue weighted by molar-refractivity contribution is 0.101. The lowest BCUT2D eigenvalue weighted by atomic mass is 10.1. The van der Waals surface area contributed by atoms with Crippen molar-refractivity contribution in [2.45, 2.75) is 13.8 Å². The molecule has 2 rings (SSSR count). The number of nitrogens with zero attached hydrogens (tertiary/aromatic N) is 1. The van der Waals surface area contributed by atoms with Crippen molar-refractivity contribution < 1.29 is 4.79 Å². The highest BCUT2D eigenvalue weighted by atomic mass is 35.5. The largest absolute Gasteiger partial charge is 0.293 e. The Hall–Kier alpha value is -1.41. The standard InChI is InChI=1S/C12H10ClNO/c1-7-5-11(8(2)15)14-12-6-9(13)3-4-10(7)12/h3-6H,1-2H3. The highest BCUT2D eigenvalue weighted by molar-refractivity contribution is 6.31. The fraction of sp³-hybridized carbons (Fsp3) is 0.167. The predicted octanol–water partition coefficient (Wildman–Crippen LogP) is 3.40. The fourth-order valence-corrected chi connectivity index (χ4v) is 1.72. The number of aryl methyl sites for hydroxylation is 1. The summed E-state index contributed by atoms with van der Waals surface area (Å²) in [4.78, 5) is 15.5. The monoisotopic (exact) mass is 219 g/mol. The Morgan fingerprint density at radius 1 is 1.33 bits per heavy atom. The van der Waals surface area contributed by atoms with Gasteiger partial charge in [0.05, 0.1) is 5.52 Å². The van der Waals surface area contributed by atoms with Crippen molar-refractivity contribution in [3.05, 3.63) is 40.5 Å². The lowest BCUT2D eigenvalue weighted by Gasteiger charge is -2.04. The van der Waals surface area contributed by atoms with E-state index < -0.39 is 0 Å². The molecule has 15 heavy (non-hydrogen) atoms. The molecular weight excluding hydrogens is 210 g/mol. The molecule has 0 aliphatic heterocycles. The molecule has 0 atom stereocenters. The normalized spacial score (nSPS) is 10.6. The Balaban J connectivity index is 2.79. The summed E-state index contributed by atoms with van der Waals surface area (Å²) in [5.41, 5.74) is 2.30. The average molecular weight is 220 g/mol. The van der Waals surface area contributed by atoms with E-state index in [1.807, 2.05) is 19.1 Å². The summed E-state index contributed by atoms with van der Waals surface area (Å²) in [7, 11) is 0. The van der Waals surface area contributed by atoms with E-state index >= 15 is 0 Å². The van der Waals surface area contributed by atoms with Crippen LogP contribution >= 0.6 is 11.6 Å². The van der Waals surface area contributed by atoms with Gasteiger partial charge in [-0.15, -0.1) is 0 Å². The zero-order valence-electron chi connectivity index (χ0n) is 8.54. The van der Waals surface area contributed by atoms with Gasteiger partial charge in [0.15, 0.2) is 5.78 Å². The van der Waals surface area contributed by atoms with Gasteiger partial charge in [-0.25, -0.2) is 4.98 Å². The van der Waals surface area contributed by atoms with Gasteiger partial charge >= 0.3 is 0 Å². The van der Waals surface area contributed by atoms with Crippen LogP contribution in [0.15, 0.2) is 24.3 Å². The molecule has 0 aliphatic rings. The number of rotatable bonds is 1. The molecule has 2 nitrogen and oxygen atoms in total. The third-order valence-corrected chi connectivity index (χ3v) is 2.57. The fourth-order valence-electron chi connectivity index (χ4n) is 1.56. The molecule has 76 valence electrons. The second kappa shape index (κ2) is 3.63. The first-order valence-corrected chi connectivity index (χ1v) is 5.03. The number of hydrogen-bond acceptors (Lipinski definition) is 2. The molecule has 0 bridgehead atoms. The maximum absolute atomic E-state index is 11.2. The third kappa shape index (κ3) is 1.85. The van der Waals surface area contributed by atoms with Crippen LogP contribution in [-0.4, -0.2) is 10.8 Å². The number of carbonyl (C=O) groups is 1. The highest BCUT2D eigenvalue weighted by Crippen LogP contribution is 2.21. The van der Waals surface area contributed by atoms with Gasteiger partial charge in [-0.3, -0.25) is 4.79 Å². The zero-order chi connectivity index (χ0) is 11.0. The number of ketones is 1. The van der Waals surface area contributed by atoms with Gasteiger partial charge in [0, 0.05) is 17.3 Å². The zero-order valence-corrected chi connectivity index (χ0v) is 9.30. The van der Waals surface area contributed by atoms with Crippen LogP contribution in [0.25, 0.3) is 10.9 Å². The van der Waals surface area contributed by atoms with E-state index in [1.54, 1.807) is 12.1 Å². The van der Waals surface area contributed by atoms with Gasteiger partial charge in [0.25, 0.3) is 0 Å². The molecule has 0 saturated carbocycles. The molecule has 1 aromatic carbocycles. The van der Waals surface area contributed by atoms with Crippen LogP contribution in [0, 0.1) is 6.92 Å². The Morgan fingerprint density at radius 2 is 2.07 bits per heavy atom. The van der Waals surface area contributed by atoms with E-state index in [1.165, 1.54) is 6.92 Å². The molecule has 2 aromatic rings. The van der Waals surface area contributed by atoms with Crippen LogP contribution in [0.2, 0.25) is 5.02 Å². The number of pyridine rings is 1. The first-order valence-electron chi connectivity index (χ1n) is 4.66.